The van der Waals surface area contributed by atoms with Gasteiger partial charge in [-0.05, 0) is 31.2 Å². The molecular weight excluding hydrogens is 446 g/mol. The van der Waals surface area contributed by atoms with Gasteiger partial charge >= 0.3 is 0 Å². The molecule has 0 aromatic heterocycles. The molecule has 0 unspecified atom stereocenters. The summed E-state index contributed by atoms with van der Waals surface area (Å²) in [6, 6.07) is 9.59. The molecular formula is C28H35NO6. The van der Waals surface area contributed by atoms with Gasteiger partial charge in [0.1, 0.15) is 23.6 Å². The number of amides is 1. The van der Waals surface area contributed by atoms with Crippen LogP contribution in [0, 0.1) is 35.0 Å². The average molecular weight is 482 g/mol. The second-order valence-corrected chi connectivity index (χ2v) is 11.3. The van der Waals surface area contributed by atoms with Crippen molar-refractivity contribution in [1.29, 1.82) is 0 Å². The maximum absolute atomic E-state index is 13.9. The molecule has 3 fully saturated rings. The fraction of sp³-hybridized carbons (Fsp3) is 0.607. The minimum absolute atomic E-state index is 0.0817. The van der Waals surface area contributed by atoms with E-state index in [1.54, 1.807) is 19.1 Å². The van der Waals surface area contributed by atoms with Gasteiger partial charge in [-0.15, -0.1) is 0 Å². The van der Waals surface area contributed by atoms with E-state index in [-0.39, 0.29) is 41.3 Å². The molecule has 1 amide bonds. The second kappa shape index (κ2) is 8.36. The molecule has 2 saturated heterocycles. The van der Waals surface area contributed by atoms with Crippen LogP contribution in [0.2, 0.25) is 0 Å². The molecule has 2 heterocycles. The molecule has 2 aliphatic carbocycles. The minimum Gasteiger partial charge on any atom is -0.389 e. The SMILES string of the molecule is C[C@H]1[C@H]2[C@H](Cc3ccccc3)NC(=O)[C@]23[C@H](O)[C@@H]2O[C@@H]2[C@@](C)(O)C(=O)[C@@H](C)CC=C[C@H]3C(=O)[C@@H]1C. The van der Waals surface area contributed by atoms with E-state index in [1.165, 1.54) is 6.92 Å². The van der Waals surface area contributed by atoms with Crippen molar-refractivity contribution >= 4 is 17.5 Å². The first-order valence-corrected chi connectivity index (χ1v) is 12.7. The molecule has 1 saturated carbocycles. The summed E-state index contributed by atoms with van der Waals surface area (Å²) in [5, 5.41) is 26.1. The Morgan fingerprint density at radius 3 is 2.49 bits per heavy atom. The molecule has 3 N–H and O–H groups in total. The Morgan fingerprint density at radius 1 is 1.11 bits per heavy atom. The predicted octanol–water partition coefficient (Wildman–Crippen LogP) is 1.85. The summed E-state index contributed by atoms with van der Waals surface area (Å²) >= 11 is 0. The molecule has 1 spiro atoms. The van der Waals surface area contributed by atoms with E-state index < -0.39 is 41.2 Å². The van der Waals surface area contributed by atoms with Crippen LogP contribution < -0.4 is 5.32 Å². The molecule has 11 atom stereocenters. The van der Waals surface area contributed by atoms with Gasteiger partial charge in [-0.3, -0.25) is 14.4 Å². The van der Waals surface area contributed by atoms with Gasteiger partial charge in [0.25, 0.3) is 0 Å². The van der Waals surface area contributed by atoms with E-state index in [1.807, 2.05) is 44.2 Å². The fourth-order valence-corrected chi connectivity index (χ4v) is 7.17. The zero-order valence-corrected chi connectivity index (χ0v) is 20.7. The Hall–Kier alpha value is -2.35. The highest BCUT2D eigenvalue weighted by Crippen LogP contribution is 2.59. The van der Waals surface area contributed by atoms with E-state index in [4.69, 9.17) is 4.74 Å². The zero-order valence-electron chi connectivity index (χ0n) is 20.7. The second-order valence-electron chi connectivity index (χ2n) is 11.3. The topological polar surface area (TPSA) is 116 Å². The molecule has 1 aromatic carbocycles. The van der Waals surface area contributed by atoms with E-state index in [9.17, 15) is 24.6 Å². The largest absolute Gasteiger partial charge is 0.389 e. The lowest BCUT2D eigenvalue weighted by molar-refractivity contribution is -0.163. The van der Waals surface area contributed by atoms with Crippen molar-refractivity contribution < 1.29 is 29.3 Å². The number of hydrogen-bond donors (Lipinski definition) is 3. The van der Waals surface area contributed by atoms with Crippen molar-refractivity contribution in [2.45, 2.75) is 70.5 Å². The van der Waals surface area contributed by atoms with Crippen LogP contribution in [0.25, 0.3) is 0 Å². The number of carbonyl (C=O) groups excluding carboxylic acids is 3. The van der Waals surface area contributed by atoms with Crippen LogP contribution in [0.5, 0.6) is 0 Å². The number of rotatable bonds is 2. The van der Waals surface area contributed by atoms with Crippen LogP contribution in [-0.4, -0.2) is 57.6 Å². The Balaban J connectivity index is 1.64. The number of fused-ring (bicyclic) bond motifs is 1. The van der Waals surface area contributed by atoms with Gasteiger partial charge in [0.05, 0.1) is 17.4 Å². The lowest BCUT2D eigenvalue weighted by atomic mass is 9.50. The van der Waals surface area contributed by atoms with Crippen LogP contribution in [-0.2, 0) is 25.5 Å². The number of carbonyl (C=O) groups is 3. The normalized spacial score (nSPS) is 47.3. The zero-order chi connectivity index (χ0) is 25.3. The maximum atomic E-state index is 13.9. The quantitative estimate of drug-likeness (QED) is 0.439. The molecule has 0 radical (unpaired) electrons. The van der Waals surface area contributed by atoms with E-state index in [0.29, 0.717) is 12.8 Å². The van der Waals surface area contributed by atoms with Crippen molar-refractivity contribution in [3.63, 3.8) is 0 Å². The summed E-state index contributed by atoms with van der Waals surface area (Å²) in [4.78, 5) is 40.6. The number of aliphatic hydroxyl groups excluding tert-OH is 1. The standard InChI is InChI=1S/C28H35NO6/c1-14-9-8-12-18-21(30)16(3)15(2)20-19(13-17-10-6-5-7-11-17)29-26(33)28(18,20)24(32)22-25(35-22)27(4,34)23(14)31/h5-8,10-12,14-16,18-20,22,24-25,32,34H,9,13H2,1-4H3,(H,29,33)/t14-,15+,16+,18-,19-,20-,22-,24+,25-,27-,28-/m0/s1. The smallest absolute Gasteiger partial charge is 0.230 e. The molecule has 4 aliphatic rings. The summed E-state index contributed by atoms with van der Waals surface area (Å²) in [7, 11) is 0. The summed E-state index contributed by atoms with van der Waals surface area (Å²) in [6.45, 7) is 7.04. The van der Waals surface area contributed by atoms with E-state index in [2.05, 4.69) is 5.32 Å². The third-order valence-corrected chi connectivity index (χ3v) is 9.26. The Kier molecular flexibility index (Phi) is 5.81. The molecule has 7 heteroatoms. The summed E-state index contributed by atoms with van der Waals surface area (Å²) < 4.78 is 5.75. The summed E-state index contributed by atoms with van der Waals surface area (Å²) in [5.74, 6) is -2.95. The van der Waals surface area contributed by atoms with Crippen LogP contribution in [0.3, 0.4) is 0 Å². The van der Waals surface area contributed by atoms with Crippen molar-refractivity contribution in [2.24, 2.45) is 35.0 Å². The molecule has 7 nitrogen and oxygen atoms in total. The summed E-state index contributed by atoms with van der Waals surface area (Å²) in [5.41, 5.74) is -2.17. The number of aliphatic hydroxyl groups is 2. The predicted molar refractivity (Wildman–Crippen MR) is 128 cm³/mol. The number of allylic oxidation sites excluding steroid dienone is 2. The molecule has 0 bridgehead atoms. The highest BCUT2D eigenvalue weighted by atomic mass is 16.6. The van der Waals surface area contributed by atoms with Gasteiger partial charge in [0.2, 0.25) is 5.91 Å². The van der Waals surface area contributed by atoms with Gasteiger partial charge in [-0.25, -0.2) is 0 Å². The van der Waals surface area contributed by atoms with Crippen molar-refractivity contribution in [2.75, 3.05) is 0 Å². The number of Topliss-reactive ketones (excluding diaryl/α,β-unsaturated/α-hetero) is 2. The van der Waals surface area contributed by atoms with Gasteiger partial charge < -0.3 is 20.3 Å². The number of epoxide rings is 1. The average Bonchev–Trinajstić information content (AvgIpc) is 3.59. The molecule has 1 aromatic rings. The van der Waals surface area contributed by atoms with Crippen molar-refractivity contribution in [1.82, 2.24) is 5.32 Å². The van der Waals surface area contributed by atoms with Crippen LogP contribution in [0.1, 0.15) is 39.7 Å². The van der Waals surface area contributed by atoms with E-state index >= 15 is 0 Å². The van der Waals surface area contributed by atoms with Gasteiger partial charge in [0.15, 0.2) is 5.78 Å². The first-order chi connectivity index (χ1) is 16.5. The van der Waals surface area contributed by atoms with Gasteiger partial charge in [-0.2, -0.15) is 0 Å². The highest BCUT2D eigenvalue weighted by molar-refractivity contribution is 5.98. The van der Waals surface area contributed by atoms with Crippen LogP contribution >= 0.6 is 0 Å². The molecule has 5 rings (SSSR count). The summed E-state index contributed by atoms with van der Waals surface area (Å²) in [6.07, 6.45) is 1.22. The molecule has 2 aliphatic heterocycles. The lowest BCUT2D eigenvalue weighted by Gasteiger charge is -2.50. The number of nitrogens with one attached hydrogen (secondary N) is 1. The lowest BCUT2D eigenvalue weighted by Crippen LogP contribution is -2.62. The minimum atomic E-state index is -1.79. The Bertz CT molecular complexity index is 1070. The highest BCUT2D eigenvalue weighted by Gasteiger charge is 2.73. The maximum Gasteiger partial charge on any atom is 0.230 e. The van der Waals surface area contributed by atoms with Crippen LogP contribution in [0.4, 0.5) is 0 Å². The monoisotopic (exact) mass is 481 g/mol. The Morgan fingerprint density at radius 2 is 1.80 bits per heavy atom. The number of ketones is 2. The van der Waals surface area contributed by atoms with Crippen molar-refractivity contribution in [3.05, 3.63) is 48.0 Å². The number of hydrogen-bond acceptors (Lipinski definition) is 6. The van der Waals surface area contributed by atoms with Gasteiger partial charge in [-0.1, -0.05) is 63.3 Å². The van der Waals surface area contributed by atoms with E-state index in [0.717, 1.165) is 5.56 Å². The van der Waals surface area contributed by atoms with Crippen LogP contribution in [0.15, 0.2) is 42.5 Å². The molecule has 35 heavy (non-hydrogen) atoms. The molecule has 188 valence electrons. The Labute approximate surface area is 205 Å². The first-order valence-electron chi connectivity index (χ1n) is 12.7. The third-order valence-electron chi connectivity index (χ3n) is 9.26. The van der Waals surface area contributed by atoms with Crippen molar-refractivity contribution in [3.8, 4) is 0 Å². The number of ether oxygens (including phenoxy) is 1. The third kappa shape index (κ3) is 3.46. The number of benzene rings is 1. The first kappa shape index (κ1) is 24.3. The van der Waals surface area contributed by atoms with Gasteiger partial charge in [0, 0.05) is 23.8 Å². The fourth-order valence-electron chi connectivity index (χ4n) is 7.17.